The first-order chi connectivity index (χ1) is 51.3. The summed E-state index contributed by atoms with van der Waals surface area (Å²) < 4.78 is 8.36. The highest BCUT2D eigenvalue weighted by Crippen LogP contribution is 2.36. The number of halogens is 2. The largest absolute Gasteiger partial charge is 0.465 e. The number of aliphatic hydroxyl groups excluding tert-OH is 1. The van der Waals surface area contributed by atoms with Crippen molar-refractivity contribution in [2.75, 3.05) is 21.3 Å². The van der Waals surface area contributed by atoms with Crippen LogP contribution < -0.4 is 21.8 Å². The third-order valence-electron chi connectivity index (χ3n) is 18.7. The molecule has 11 aromatic carbocycles. The van der Waals surface area contributed by atoms with Gasteiger partial charge in [0.15, 0.2) is 0 Å². The van der Waals surface area contributed by atoms with Crippen LogP contribution in [0, 0.1) is 0 Å². The molecule has 15 rings (SSSR count). The van der Waals surface area contributed by atoms with Crippen molar-refractivity contribution < 1.29 is 54.4 Å². The summed E-state index contributed by atoms with van der Waals surface area (Å²) in [6, 6.07) is 89.5. The smallest absolute Gasteiger partial charge is 0.337 e. The molecule has 0 saturated carbocycles. The van der Waals surface area contributed by atoms with Crippen LogP contribution in [0.5, 0.6) is 0 Å². The number of hydroxylamine groups is 1. The number of benzene rings is 11. The fourth-order valence-electron chi connectivity index (χ4n) is 13.5. The van der Waals surface area contributed by atoms with Gasteiger partial charge in [0.25, 0.3) is 5.91 Å². The normalized spacial score (nSPS) is 12.4. The van der Waals surface area contributed by atoms with Crippen LogP contribution in [-0.2, 0) is 73.9 Å². The molecule has 0 aliphatic heterocycles. The number of carbonyl (C=O) groups excluding carboxylic acids is 5. The Bertz CT molecular complexity index is 4390. The lowest BCUT2D eigenvalue weighted by molar-refractivity contribution is 0.0592. The molecule has 1 amide bonds. The van der Waals surface area contributed by atoms with E-state index in [4.69, 9.17) is 25.6 Å². The van der Waals surface area contributed by atoms with Gasteiger partial charge < -0.3 is 41.6 Å². The summed E-state index contributed by atoms with van der Waals surface area (Å²) in [5.41, 5.74) is 33.8. The number of nitrogens with one attached hydrogen (secondary N) is 3. The van der Waals surface area contributed by atoms with Crippen LogP contribution in [0.25, 0.3) is 0 Å². The molecule has 0 fully saturated rings. The number of fused-ring (bicyclic) bond motifs is 8. The van der Waals surface area contributed by atoms with Gasteiger partial charge in [-0.05, 0) is 200 Å². The summed E-state index contributed by atoms with van der Waals surface area (Å²) >= 11 is 8.80. The number of aldehydes is 1. The highest BCUT2D eigenvalue weighted by atomic mass is 35.5. The van der Waals surface area contributed by atoms with Gasteiger partial charge in [-0.1, -0.05) is 251 Å². The summed E-state index contributed by atoms with van der Waals surface area (Å²) in [4.78, 5) is 53.2. The van der Waals surface area contributed by atoms with Crippen LogP contribution in [0.2, 0.25) is 0 Å². The molecule has 560 valence electrons. The molecule has 10 N–H and O–H groups in total. The molecule has 0 heterocycles. The monoisotopic (exact) mass is 1490 g/mol. The zero-order valence-corrected chi connectivity index (χ0v) is 60.8. The van der Waals surface area contributed by atoms with Gasteiger partial charge in [0.05, 0.1) is 43.5 Å². The van der Waals surface area contributed by atoms with E-state index in [9.17, 15) is 24.4 Å². The number of hydrogen-bond donors (Lipinski definition) is 7. The summed E-state index contributed by atoms with van der Waals surface area (Å²) in [6.07, 6.45) is 9.15. The molecule has 16 nitrogen and oxygen atoms in total. The van der Waals surface area contributed by atoms with Gasteiger partial charge in [0.1, 0.15) is 12.0 Å². The summed E-state index contributed by atoms with van der Waals surface area (Å²) in [5.74, 6) is -1.20. The summed E-state index contributed by atoms with van der Waals surface area (Å²) in [7, 11) is 3.72. The van der Waals surface area contributed by atoms with Gasteiger partial charge in [0.2, 0.25) is 0 Å². The van der Waals surface area contributed by atoms with Gasteiger partial charge in [-0.25, -0.2) is 15.1 Å². The van der Waals surface area contributed by atoms with Crippen molar-refractivity contribution in [2.24, 2.45) is 10.9 Å². The second-order valence-corrected chi connectivity index (χ2v) is 25.7. The number of nitrogens with zero attached hydrogens (tertiary/aromatic N) is 1. The molecular weight excluding hydrogens is 1400 g/mol. The average Bonchev–Trinajstić information content (AvgIpc) is 1.62. The predicted octanol–water partition coefficient (Wildman–Crippen LogP) is 17.0. The molecule has 0 unspecified atom stereocenters. The van der Waals surface area contributed by atoms with Crippen molar-refractivity contribution >= 4 is 57.7 Å². The lowest BCUT2D eigenvalue weighted by Crippen LogP contribution is -2.23. The number of methoxy groups -OCH3 is 2. The van der Waals surface area contributed by atoms with Crippen molar-refractivity contribution in [1.29, 1.82) is 0 Å². The van der Waals surface area contributed by atoms with Gasteiger partial charge in [-0.3, -0.25) is 19.6 Å². The predicted molar refractivity (Wildman–Crippen MR) is 431 cm³/mol. The number of oxime groups is 1. The lowest BCUT2D eigenvalue weighted by Gasteiger charge is -2.22. The second-order valence-electron chi connectivity index (χ2n) is 24.8. The van der Waals surface area contributed by atoms with Crippen LogP contribution >= 0.6 is 23.2 Å². The van der Waals surface area contributed by atoms with Crippen molar-refractivity contribution in [1.82, 2.24) is 16.1 Å². The van der Waals surface area contributed by atoms with Crippen LogP contribution in [0.1, 0.15) is 175 Å². The number of esters is 2. The van der Waals surface area contributed by atoms with Crippen molar-refractivity contribution in [2.45, 2.75) is 97.4 Å². The second kappa shape index (κ2) is 44.2. The minimum absolute atomic E-state index is 0. The van der Waals surface area contributed by atoms with Crippen LogP contribution in [0.15, 0.2) is 272 Å². The van der Waals surface area contributed by atoms with Crippen LogP contribution in [0.4, 0.5) is 4.79 Å². The molecule has 0 spiro atoms. The molecule has 4 aliphatic carbocycles. The van der Waals surface area contributed by atoms with Gasteiger partial charge in [0, 0.05) is 42.5 Å². The van der Waals surface area contributed by atoms with Crippen LogP contribution in [-0.4, -0.2) is 76.9 Å². The zero-order valence-electron chi connectivity index (χ0n) is 59.3. The van der Waals surface area contributed by atoms with E-state index in [1.165, 1.54) is 92.1 Å². The van der Waals surface area contributed by atoms with E-state index < -0.39 is 16.6 Å². The molecule has 0 aromatic heterocycles. The number of amides is 1. The zero-order chi connectivity index (χ0) is 74.5. The third-order valence-corrected chi connectivity index (χ3v) is 18.7. The maximum absolute atomic E-state index is 11.6. The molecule has 108 heavy (non-hydrogen) atoms. The Kier molecular flexibility index (Phi) is 35.1. The van der Waals surface area contributed by atoms with E-state index in [-0.39, 0.29) is 44.4 Å². The van der Waals surface area contributed by atoms with Crippen molar-refractivity contribution in [3.63, 3.8) is 0 Å². The topological polar surface area (TPSA) is 270 Å². The highest BCUT2D eigenvalue weighted by Gasteiger charge is 2.26. The molecule has 0 atom stereocenters. The Morgan fingerprint density at radius 2 is 0.685 bits per heavy atom. The summed E-state index contributed by atoms with van der Waals surface area (Å²) in [6.45, 7) is 1.42. The molecule has 0 radical (unpaired) electrons. The average molecular weight is 1490 g/mol. The van der Waals surface area contributed by atoms with Gasteiger partial charge in [-0.15, -0.1) is 0 Å². The molecule has 0 saturated heterocycles. The Balaban J connectivity index is 0.000000211. The first-order valence-corrected chi connectivity index (χ1v) is 35.3. The number of aliphatic hydroxyl groups is 1. The highest BCUT2D eigenvalue weighted by molar-refractivity contribution is 6.93. The number of aryl methyl sites for hydroxylation is 8. The number of carbonyl (C=O) groups is 5. The van der Waals surface area contributed by atoms with E-state index in [0.29, 0.717) is 34.5 Å². The Hall–Kier alpha value is -11.0. The van der Waals surface area contributed by atoms with E-state index in [1.807, 2.05) is 72.8 Å². The Labute approximate surface area is 643 Å². The van der Waals surface area contributed by atoms with E-state index in [2.05, 4.69) is 201 Å². The molecule has 11 aromatic rings. The summed E-state index contributed by atoms with van der Waals surface area (Å²) in [5, 5.41) is 36.0. The fourth-order valence-corrected chi connectivity index (χ4v) is 13.5. The van der Waals surface area contributed by atoms with Gasteiger partial charge >= 0.3 is 16.6 Å². The molecule has 18 heteroatoms. The maximum Gasteiger partial charge on any atom is 0.337 e. The number of hydrogen-bond acceptors (Lipinski definition) is 14. The first kappa shape index (κ1) is 85.9. The number of rotatable bonds is 10. The molecule has 0 bridgehead atoms. The minimum Gasteiger partial charge on any atom is -0.465 e. The first-order valence-electron chi connectivity index (χ1n) is 34.5. The number of ether oxygens (including phenoxy) is 2. The fraction of sp³-hybridized carbons (Fsp3) is 0.200. The molecular formula is C90H95Cl2N5O11. The van der Waals surface area contributed by atoms with Crippen LogP contribution in [0.3, 0.4) is 0 Å². The van der Waals surface area contributed by atoms with Gasteiger partial charge in [-0.2, -0.15) is 0 Å². The minimum atomic E-state index is -0.889. The lowest BCUT2D eigenvalue weighted by atomic mass is 9.94. The standard InChI is InChI=1S/C24H23NO2.C23H22N2O2.C15H13NO.C15H15N.C9H8O3.CCl2O.CH4O.2CH4.H2O/c1-27-24(26)20-12-10-17(11-13-20)16-25-23-21-8-4-2-6-18(21)14-15-19-7-3-5-9-22(19)23;26-23(25-27)19-11-9-16(10-12-19)15-24-22-20-7-3-1-5-17(20)13-14-18-6-2-4-8-21(18)22;17-16-15-13-7-3-1-5-11(13)9-10-12-6-2-4-8-14(12)15;16-15-13-7-3-1-5-11(13)9-10-12-6-2-4-8-14(12)15;1-12-9(11)8-4-2-7(6-10)3-5-8;2-1(3)4;1-2;;;/h2-13,23,25H,14-16H2,1H3;1-12,22,24,27H,13-15H2,(H,25,26);1-8,17H,9-10H2;1-8,15H,9-10,16H2;2-6H,1H3;;2H,1H3;2*1H4;1H2. The van der Waals surface area contributed by atoms with Crippen molar-refractivity contribution in [3.8, 4) is 0 Å². The third kappa shape index (κ3) is 23.0. The SMILES string of the molecule is C.C.CO.COC(=O)c1ccc(C=O)cc1.COC(=O)c1ccc(CNC2c3ccccc3CCc3ccccc32)cc1.NC1c2ccccc2CCc2ccccc21.O.O=C(Cl)Cl.O=C(NO)c1ccc(CNC2c3ccccc3CCc3ccccc32)cc1.ON=C1c2ccccc2CCc2ccccc21. The van der Waals surface area contributed by atoms with E-state index in [1.54, 1.807) is 41.9 Å². The number of nitrogens with two attached hydrogens (primary N) is 1. The van der Waals surface area contributed by atoms with Crippen molar-refractivity contribution in [3.05, 3.63) is 389 Å². The molecule has 4 aliphatic rings. The quantitative estimate of drug-likeness (QED) is 0.0168. The van der Waals surface area contributed by atoms with E-state index in [0.717, 1.165) is 93.6 Å². The maximum atomic E-state index is 11.6. The Morgan fingerprint density at radius 1 is 0.426 bits per heavy atom. The Morgan fingerprint density at radius 3 is 0.981 bits per heavy atom. The van der Waals surface area contributed by atoms with E-state index >= 15 is 0 Å².